The van der Waals surface area contributed by atoms with Crippen LogP contribution in [0.5, 0.6) is 11.5 Å². The van der Waals surface area contributed by atoms with E-state index in [1.165, 1.54) is 7.11 Å². The zero-order valence-corrected chi connectivity index (χ0v) is 14.3. The van der Waals surface area contributed by atoms with Gasteiger partial charge in [-0.15, -0.1) is 0 Å². The van der Waals surface area contributed by atoms with Gasteiger partial charge in [-0.2, -0.15) is 0 Å². The molecule has 0 unspecified atom stereocenters. The molecule has 6 nitrogen and oxygen atoms in total. The summed E-state index contributed by atoms with van der Waals surface area (Å²) in [7, 11) is 1.52. The van der Waals surface area contributed by atoms with E-state index in [1.54, 1.807) is 24.3 Å². The minimum Gasteiger partial charge on any atom is -0.497 e. The first-order valence-corrected chi connectivity index (χ1v) is 7.86. The Labute approximate surface area is 146 Å². The molecule has 0 aliphatic rings. The van der Waals surface area contributed by atoms with Crippen LogP contribution in [0.15, 0.2) is 48.5 Å². The van der Waals surface area contributed by atoms with Crippen molar-refractivity contribution in [1.82, 2.24) is 5.32 Å². The molecule has 2 rings (SSSR count). The van der Waals surface area contributed by atoms with Crippen LogP contribution >= 0.6 is 0 Å². The van der Waals surface area contributed by atoms with Crippen molar-refractivity contribution in [2.75, 3.05) is 26.9 Å². The highest BCUT2D eigenvalue weighted by atomic mass is 16.6. The number of carbonyl (C=O) groups is 2. The largest absolute Gasteiger partial charge is 0.497 e. The van der Waals surface area contributed by atoms with E-state index in [1.807, 2.05) is 31.2 Å². The van der Waals surface area contributed by atoms with Gasteiger partial charge in [-0.1, -0.05) is 23.8 Å². The zero-order valence-electron chi connectivity index (χ0n) is 14.3. The van der Waals surface area contributed by atoms with Crippen LogP contribution in [0.1, 0.15) is 15.9 Å². The van der Waals surface area contributed by atoms with Crippen molar-refractivity contribution in [3.05, 3.63) is 59.7 Å². The lowest BCUT2D eigenvalue weighted by molar-refractivity contribution is -0.143. The number of carbonyl (C=O) groups excluding carboxylic acids is 2. The van der Waals surface area contributed by atoms with Gasteiger partial charge in [-0.05, 0) is 37.3 Å². The summed E-state index contributed by atoms with van der Waals surface area (Å²) in [5, 5.41) is 2.51. The molecule has 0 spiro atoms. The summed E-state index contributed by atoms with van der Waals surface area (Å²) in [4.78, 5) is 23.6. The molecule has 0 aliphatic heterocycles. The molecule has 2 aromatic carbocycles. The quantitative estimate of drug-likeness (QED) is 0.588. The van der Waals surface area contributed by atoms with E-state index in [0.29, 0.717) is 17.1 Å². The van der Waals surface area contributed by atoms with Gasteiger partial charge in [0.15, 0.2) is 0 Å². The first kappa shape index (κ1) is 18.3. The number of amides is 1. The third-order valence-electron chi connectivity index (χ3n) is 3.36. The highest BCUT2D eigenvalue weighted by Gasteiger charge is 2.09. The number of methoxy groups -OCH3 is 1. The van der Waals surface area contributed by atoms with E-state index >= 15 is 0 Å². The molecule has 0 atom stereocenters. The van der Waals surface area contributed by atoms with E-state index in [2.05, 4.69) is 5.32 Å². The molecule has 6 heteroatoms. The minimum atomic E-state index is -0.524. The molecule has 2 aromatic rings. The van der Waals surface area contributed by atoms with Crippen molar-refractivity contribution in [2.45, 2.75) is 6.92 Å². The number of aryl methyl sites for hydroxylation is 1. The third-order valence-corrected chi connectivity index (χ3v) is 3.36. The van der Waals surface area contributed by atoms with Crippen LogP contribution in [0.2, 0.25) is 0 Å². The Hall–Kier alpha value is -3.02. The Bertz CT molecular complexity index is 712. The Morgan fingerprint density at radius 3 is 2.48 bits per heavy atom. The maximum Gasteiger partial charge on any atom is 0.325 e. The second kappa shape index (κ2) is 9.32. The van der Waals surface area contributed by atoms with Crippen LogP contribution in [-0.2, 0) is 9.53 Å². The Morgan fingerprint density at radius 1 is 1.00 bits per heavy atom. The van der Waals surface area contributed by atoms with E-state index in [4.69, 9.17) is 14.2 Å². The van der Waals surface area contributed by atoms with Crippen molar-refractivity contribution in [1.29, 1.82) is 0 Å². The molecule has 0 heterocycles. The average molecular weight is 343 g/mol. The first-order valence-electron chi connectivity index (χ1n) is 7.86. The molecule has 0 aromatic heterocycles. The number of nitrogens with one attached hydrogen (secondary N) is 1. The molecule has 1 amide bonds. The van der Waals surface area contributed by atoms with Gasteiger partial charge in [-0.25, -0.2) is 0 Å². The summed E-state index contributed by atoms with van der Waals surface area (Å²) >= 11 is 0. The van der Waals surface area contributed by atoms with Crippen molar-refractivity contribution < 1.29 is 23.8 Å². The topological polar surface area (TPSA) is 73.9 Å². The lowest BCUT2D eigenvalue weighted by Crippen LogP contribution is -2.31. The molecule has 0 radical (unpaired) electrons. The predicted octanol–water partition coefficient (Wildman–Crippen LogP) is 2.36. The van der Waals surface area contributed by atoms with Gasteiger partial charge in [0.1, 0.15) is 31.3 Å². The third kappa shape index (κ3) is 6.18. The van der Waals surface area contributed by atoms with E-state index in [-0.39, 0.29) is 25.7 Å². The molecule has 0 fully saturated rings. The number of hydrogen-bond donors (Lipinski definition) is 1. The van der Waals surface area contributed by atoms with E-state index in [0.717, 1.165) is 5.56 Å². The summed E-state index contributed by atoms with van der Waals surface area (Å²) < 4.78 is 15.5. The molecule has 0 saturated carbocycles. The summed E-state index contributed by atoms with van der Waals surface area (Å²) in [6.45, 7) is 2.15. The molecule has 25 heavy (non-hydrogen) atoms. The minimum absolute atomic E-state index is 0.113. The van der Waals surface area contributed by atoms with Crippen LogP contribution < -0.4 is 14.8 Å². The summed E-state index contributed by atoms with van der Waals surface area (Å²) in [6.07, 6.45) is 0. The number of esters is 1. The second-order valence-electron chi connectivity index (χ2n) is 5.30. The maximum absolute atomic E-state index is 12.0. The molecular formula is C19H21NO5. The standard InChI is InChI=1S/C19H21NO5/c1-14-6-8-16(9-7-14)24-10-11-25-18(21)13-20-19(22)15-4-3-5-17(12-15)23-2/h3-9,12H,10-11,13H2,1-2H3,(H,20,22). The van der Waals surface area contributed by atoms with Gasteiger partial charge in [0.05, 0.1) is 7.11 Å². The molecule has 0 aliphatic carbocycles. The van der Waals surface area contributed by atoms with Crippen molar-refractivity contribution in [3.63, 3.8) is 0 Å². The molecule has 132 valence electrons. The fraction of sp³-hybridized carbons (Fsp3) is 0.263. The van der Waals surface area contributed by atoms with Crippen LogP contribution in [0.25, 0.3) is 0 Å². The summed E-state index contributed by atoms with van der Waals surface area (Å²) in [5.74, 6) is 0.395. The van der Waals surface area contributed by atoms with Gasteiger partial charge in [0.25, 0.3) is 5.91 Å². The zero-order chi connectivity index (χ0) is 18.1. The van der Waals surface area contributed by atoms with Crippen molar-refractivity contribution >= 4 is 11.9 Å². The molecule has 0 saturated heterocycles. The first-order chi connectivity index (χ1) is 12.1. The monoisotopic (exact) mass is 343 g/mol. The summed E-state index contributed by atoms with van der Waals surface area (Å²) in [6, 6.07) is 14.3. The Kier molecular flexibility index (Phi) is 6.83. The second-order valence-corrected chi connectivity index (χ2v) is 5.30. The smallest absolute Gasteiger partial charge is 0.325 e. The van der Waals surface area contributed by atoms with Crippen molar-refractivity contribution in [3.8, 4) is 11.5 Å². The van der Waals surface area contributed by atoms with Crippen molar-refractivity contribution in [2.24, 2.45) is 0 Å². The summed E-state index contributed by atoms with van der Waals surface area (Å²) in [5.41, 5.74) is 1.56. The number of ether oxygens (including phenoxy) is 3. The lowest BCUT2D eigenvalue weighted by Gasteiger charge is -2.09. The van der Waals surface area contributed by atoms with Crippen LogP contribution in [0.3, 0.4) is 0 Å². The van der Waals surface area contributed by atoms with E-state index < -0.39 is 5.97 Å². The van der Waals surface area contributed by atoms with E-state index in [9.17, 15) is 9.59 Å². The molecule has 1 N–H and O–H groups in total. The number of hydrogen-bond acceptors (Lipinski definition) is 5. The van der Waals surface area contributed by atoms with Crippen LogP contribution in [-0.4, -0.2) is 38.7 Å². The average Bonchev–Trinajstić information content (AvgIpc) is 2.64. The van der Waals surface area contributed by atoms with Gasteiger partial charge in [-0.3, -0.25) is 9.59 Å². The lowest BCUT2D eigenvalue weighted by atomic mass is 10.2. The molecule has 0 bridgehead atoms. The van der Waals surface area contributed by atoms with Gasteiger partial charge >= 0.3 is 5.97 Å². The number of benzene rings is 2. The highest BCUT2D eigenvalue weighted by molar-refractivity contribution is 5.96. The van der Waals surface area contributed by atoms with Gasteiger partial charge < -0.3 is 19.5 Å². The predicted molar refractivity (Wildman–Crippen MR) is 93.0 cm³/mol. The maximum atomic E-state index is 12.0. The van der Waals surface area contributed by atoms with Crippen LogP contribution in [0, 0.1) is 6.92 Å². The fourth-order valence-electron chi connectivity index (χ4n) is 2.02. The normalized spacial score (nSPS) is 10.0. The van der Waals surface area contributed by atoms with Gasteiger partial charge in [0.2, 0.25) is 0 Å². The highest BCUT2D eigenvalue weighted by Crippen LogP contribution is 2.12. The SMILES string of the molecule is COc1cccc(C(=O)NCC(=O)OCCOc2ccc(C)cc2)c1. The fourth-order valence-corrected chi connectivity index (χ4v) is 2.02. The Morgan fingerprint density at radius 2 is 1.76 bits per heavy atom. The number of rotatable bonds is 8. The Balaban J connectivity index is 1.66. The van der Waals surface area contributed by atoms with Crippen LogP contribution in [0.4, 0.5) is 0 Å². The molecular weight excluding hydrogens is 322 g/mol. The van der Waals surface area contributed by atoms with Gasteiger partial charge in [0, 0.05) is 5.56 Å².